The number of aliphatic hydroxyl groups excluding tert-OH is 1. The lowest BCUT2D eigenvalue weighted by molar-refractivity contribution is -0.149. The van der Waals surface area contributed by atoms with Crippen molar-refractivity contribution >= 4 is 47.3 Å². The van der Waals surface area contributed by atoms with Crippen LogP contribution < -0.4 is 32.3 Å². The average Bonchev–Trinajstić information content (AvgIpc) is 3.68. The van der Waals surface area contributed by atoms with Crippen molar-refractivity contribution < 1.29 is 48.6 Å². The quantitative estimate of drug-likeness (QED) is 0.0704. The van der Waals surface area contributed by atoms with Crippen LogP contribution in [0.2, 0.25) is 0 Å². The minimum absolute atomic E-state index is 0.0860. The molecule has 3 aliphatic rings. The first-order chi connectivity index (χ1) is 27.2. The second kappa shape index (κ2) is 23.8. The summed E-state index contributed by atoms with van der Waals surface area (Å²) in [5.74, 6) is -5.33. The number of rotatable bonds is 21. The molecule has 3 rings (SSSR count). The second-order valence-corrected chi connectivity index (χ2v) is 15.7. The molecule has 3 fully saturated rings. The maximum Gasteiger partial charge on any atom is 0.305 e. The predicted molar refractivity (Wildman–Crippen MR) is 209 cm³/mol. The summed E-state index contributed by atoms with van der Waals surface area (Å²) >= 11 is 0. The molecule has 18 nitrogen and oxygen atoms in total. The molecule has 0 aromatic carbocycles. The fraction of sp³-hybridized carbons (Fsp3) is 0.795. The van der Waals surface area contributed by atoms with Gasteiger partial charge >= 0.3 is 5.97 Å². The van der Waals surface area contributed by atoms with Crippen LogP contribution in [0.5, 0.6) is 0 Å². The minimum Gasteiger partial charge on any atom is -0.481 e. The smallest absolute Gasteiger partial charge is 0.305 e. The second-order valence-electron chi connectivity index (χ2n) is 15.7. The molecule has 18 heteroatoms. The maximum atomic E-state index is 14.3. The van der Waals surface area contributed by atoms with E-state index in [-0.39, 0.29) is 44.2 Å². The van der Waals surface area contributed by atoms with Crippen molar-refractivity contribution in [3.05, 3.63) is 0 Å². The van der Waals surface area contributed by atoms with Gasteiger partial charge in [-0.15, -0.1) is 0 Å². The third-order valence-corrected chi connectivity index (χ3v) is 11.1. The van der Waals surface area contributed by atoms with Gasteiger partial charge in [0.25, 0.3) is 0 Å². The Morgan fingerprint density at radius 3 is 1.91 bits per heavy atom. The molecule has 0 aromatic heterocycles. The van der Waals surface area contributed by atoms with E-state index in [2.05, 4.69) is 26.6 Å². The van der Waals surface area contributed by atoms with Crippen molar-refractivity contribution in [2.45, 2.75) is 166 Å². The Labute approximate surface area is 335 Å². The first-order valence-corrected chi connectivity index (χ1v) is 20.8. The molecule has 1 unspecified atom stereocenters. The number of aliphatic hydroxyl groups is 1. The molecule has 0 bridgehead atoms. The fourth-order valence-corrected chi connectivity index (χ4v) is 8.08. The maximum absolute atomic E-state index is 14.3. The summed E-state index contributed by atoms with van der Waals surface area (Å²) in [5.41, 5.74) is 5.74. The van der Waals surface area contributed by atoms with Gasteiger partial charge in [0, 0.05) is 26.6 Å². The van der Waals surface area contributed by atoms with Crippen molar-refractivity contribution in [2.75, 3.05) is 26.2 Å². The van der Waals surface area contributed by atoms with E-state index in [1.54, 1.807) is 0 Å². The van der Waals surface area contributed by atoms with Gasteiger partial charge in [-0.05, 0) is 83.6 Å². The number of hydrogen-bond donors (Lipinski definition) is 8. The van der Waals surface area contributed by atoms with Crippen LogP contribution in [-0.4, -0.2) is 136 Å². The highest BCUT2D eigenvalue weighted by Crippen LogP contribution is 2.28. The number of hydrogen-bond acceptors (Lipinski definition) is 10. The van der Waals surface area contributed by atoms with E-state index in [1.165, 1.54) is 23.6 Å². The van der Waals surface area contributed by atoms with E-state index < -0.39 is 90.2 Å². The average molecular weight is 807 g/mol. The Kier molecular flexibility index (Phi) is 19.6. The van der Waals surface area contributed by atoms with E-state index in [0.717, 1.165) is 32.1 Å². The molecule has 322 valence electrons. The normalized spacial score (nSPS) is 21.3. The minimum atomic E-state index is -1.58. The number of carbonyl (C=O) groups is 8. The number of unbranched alkanes of at least 4 members (excludes halogenated alkanes) is 1. The number of nitrogens with two attached hydrogens (primary N) is 1. The SMILES string of the molecule is CCCNC(=O)[C@@H](NC(=O)[C@@H]1CCCN1C(=O)[C@H](CC(=O)O)NC(=O)[C@@H]1CCCCN1C(=O)[C@H](CCCCN)NC(=O)[C@H](CC1CCCCC1)NC(C)=O)C(C)O. The lowest BCUT2D eigenvalue weighted by Gasteiger charge is -2.38. The summed E-state index contributed by atoms with van der Waals surface area (Å²) in [6, 6.07) is -6.91. The van der Waals surface area contributed by atoms with Crippen LogP contribution in [-0.2, 0) is 38.4 Å². The first kappa shape index (κ1) is 47.1. The lowest BCUT2D eigenvalue weighted by atomic mass is 9.84. The molecular formula is C39H66N8O10. The molecule has 7 atom stereocenters. The van der Waals surface area contributed by atoms with Crippen LogP contribution >= 0.6 is 0 Å². The summed E-state index contributed by atoms with van der Waals surface area (Å²) in [7, 11) is 0. The molecule has 57 heavy (non-hydrogen) atoms. The molecule has 0 aromatic rings. The zero-order chi connectivity index (χ0) is 42.1. The van der Waals surface area contributed by atoms with Crippen LogP contribution in [0, 0.1) is 5.92 Å². The highest BCUT2D eigenvalue weighted by molar-refractivity contribution is 5.98. The third-order valence-electron chi connectivity index (χ3n) is 11.1. The van der Waals surface area contributed by atoms with Crippen molar-refractivity contribution in [3.63, 3.8) is 0 Å². The van der Waals surface area contributed by atoms with Gasteiger partial charge in [0.05, 0.1) is 12.5 Å². The van der Waals surface area contributed by atoms with Crippen LogP contribution in [0.1, 0.15) is 124 Å². The van der Waals surface area contributed by atoms with Crippen molar-refractivity contribution in [1.82, 2.24) is 36.4 Å². The first-order valence-electron chi connectivity index (χ1n) is 20.8. The largest absolute Gasteiger partial charge is 0.481 e. The summed E-state index contributed by atoms with van der Waals surface area (Å²) in [6.07, 6.45) is 7.45. The Morgan fingerprint density at radius 1 is 0.719 bits per heavy atom. The van der Waals surface area contributed by atoms with E-state index in [4.69, 9.17) is 5.73 Å². The van der Waals surface area contributed by atoms with Crippen molar-refractivity contribution in [2.24, 2.45) is 11.7 Å². The lowest BCUT2D eigenvalue weighted by Crippen LogP contribution is -2.61. The topological polar surface area (TPSA) is 270 Å². The van der Waals surface area contributed by atoms with Gasteiger partial charge in [0.2, 0.25) is 41.4 Å². The number of amides is 7. The molecule has 2 heterocycles. The van der Waals surface area contributed by atoms with E-state index >= 15 is 0 Å². The van der Waals surface area contributed by atoms with Crippen LogP contribution in [0.3, 0.4) is 0 Å². The molecule has 0 radical (unpaired) electrons. The summed E-state index contributed by atoms with van der Waals surface area (Å²) in [6.45, 7) is 5.50. The number of carboxylic acids is 1. The molecule has 7 amide bonds. The monoisotopic (exact) mass is 806 g/mol. The number of carbonyl (C=O) groups excluding carboxylic acids is 7. The van der Waals surface area contributed by atoms with Gasteiger partial charge in [-0.1, -0.05) is 39.0 Å². The van der Waals surface area contributed by atoms with Gasteiger partial charge in [-0.3, -0.25) is 38.4 Å². The number of nitrogens with zero attached hydrogens (tertiary/aromatic N) is 2. The molecular weight excluding hydrogens is 740 g/mol. The Balaban J connectivity index is 1.79. The van der Waals surface area contributed by atoms with Gasteiger partial charge in [-0.2, -0.15) is 0 Å². The molecule has 9 N–H and O–H groups in total. The van der Waals surface area contributed by atoms with E-state index in [9.17, 15) is 48.6 Å². The molecule has 1 saturated carbocycles. The molecule has 0 spiro atoms. The fourth-order valence-electron chi connectivity index (χ4n) is 8.08. The predicted octanol–water partition coefficient (Wildman–Crippen LogP) is -0.201. The summed E-state index contributed by atoms with van der Waals surface area (Å²) in [5, 5.41) is 33.3. The van der Waals surface area contributed by atoms with Gasteiger partial charge in [0.1, 0.15) is 36.3 Å². The van der Waals surface area contributed by atoms with Crippen molar-refractivity contribution in [3.8, 4) is 0 Å². The Bertz CT molecular complexity index is 1410. The Morgan fingerprint density at radius 2 is 1.32 bits per heavy atom. The molecule has 2 saturated heterocycles. The summed E-state index contributed by atoms with van der Waals surface area (Å²) < 4.78 is 0. The van der Waals surface area contributed by atoms with Crippen LogP contribution in [0.4, 0.5) is 0 Å². The van der Waals surface area contributed by atoms with E-state index in [0.29, 0.717) is 58.0 Å². The number of nitrogens with one attached hydrogen (secondary N) is 5. The van der Waals surface area contributed by atoms with Gasteiger partial charge < -0.3 is 52.3 Å². The van der Waals surface area contributed by atoms with Crippen LogP contribution in [0.15, 0.2) is 0 Å². The molecule has 1 aliphatic carbocycles. The van der Waals surface area contributed by atoms with Gasteiger partial charge in [-0.25, -0.2) is 0 Å². The number of piperidine rings is 1. The number of carboxylic acid groups (broad SMARTS) is 1. The highest BCUT2D eigenvalue weighted by atomic mass is 16.4. The standard InChI is InChI=1S/C39H66N8O10/c1-4-19-41-37(55)33(24(2)48)45-36(54)31-17-12-21-47(31)39(57)29(23-32(50)51)44-35(53)30-16-9-11-20-46(30)38(56)27(15-8-10-18-40)43-34(52)28(42-25(3)49)22-26-13-6-5-7-14-26/h24,26-31,33,48H,4-23,40H2,1-3H3,(H,41,55)(H,42,49)(H,43,52)(H,44,53)(H,45,54)(H,50,51)/t24?,27-,28-,29-,30-,31-,33-/m0/s1. The van der Waals surface area contributed by atoms with Gasteiger partial charge in [0.15, 0.2) is 0 Å². The van der Waals surface area contributed by atoms with Crippen LogP contribution in [0.25, 0.3) is 0 Å². The number of aliphatic carboxylic acids is 1. The number of likely N-dealkylation sites (tertiary alicyclic amines) is 2. The Hall–Kier alpha value is -4.32. The third kappa shape index (κ3) is 14.5. The zero-order valence-corrected chi connectivity index (χ0v) is 33.9. The molecule has 2 aliphatic heterocycles. The van der Waals surface area contributed by atoms with E-state index in [1.807, 2.05) is 6.92 Å². The summed E-state index contributed by atoms with van der Waals surface area (Å²) in [4.78, 5) is 109. The zero-order valence-electron chi connectivity index (χ0n) is 33.9. The van der Waals surface area contributed by atoms with Crippen molar-refractivity contribution in [1.29, 1.82) is 0 Å². The highest BCUT2D eigenvalue weighted by Gasteiger charge is 2.42.